The van der Waals surface area contributed by atoms with E-state index in [0.29, 0.717) is 21.3 Å². The summed E-state index contributed by atoms with van der Waals surface area (Å²) in [5, 5.41) is 1.45. The predicted molar refractivity (Wildman–Crippen MR) is 100 cm³/mol. The molecule has 0 radical (unpaired) electrons. The van der Waals surface area contributed by atoms with Gasteiger partial charge in [0.15, 0.2) is 0 Å². The van der Waals surface area contributed by atoms with Crippen molar-refractivity contribution in [3.05, 3.63) is 50.1 Å². The highest BCUT2D eigenvalue weighted by Crippen LogP contribution is 2.31. The SMILES string of the molecule is CCOC(=O)c1csc2c(C(=O)OCC)c3c(C)cc(C)cn3c2c1=O. The van der Waals surface area contributed by atoms with Gasteiger partial charge >= 0.3 is 11.9 Å². The molecule has 0 amide bonds. The minimum absolute atomic E-state index is 0.0293. The molecule has 26 heavy (non-hydrogen) atoms. The van der Waals surface area contributed by atoms with Crippen LogP contribution in [0, 0.1) is 13.8 Å². The molecule has 3 aromatic heterocycles. The zero-order chi connectivity index (χ0) is 19.0. The third-order valence-corrected chi connectivity index (χ3v) is 5.03. The summed E-state index contributed by atoms with van der Waals surface area (Å²) in [6.07, 6.45) is 1.79. The molecule has 0 bridgehead atoms. The van der Waals surface area contributed by atoms with Gasteiger partial charge in [-0.05, 0) is 38.8 Å². The first-order valence-electron chi connectivity index (χ1n) is 8.31. The standard InChI is InChI=1S/C19H19NO5S/c1-5-24-18(22)12-9-26-17-13(19(23)25-6-2)14-11(4)7-10(3)8-20(14)15(17)16(12)21/h7-9H,5-6H2,1-4H3. The third kappa shape index (κ3) is 2.78. The monoisotopic (exact) mass is 373 g/mol. The van der Waals surface area contributed by atoms with Gasteiger partial charge in [-0.3, -0.25) is 4.79 Å². The van der Waals surface area contributed by atoms with Crippen LogP contribution in [0.3, 0.4) is 0 Å². The van der Waals surface area contributed by atoms with E-state index in [1.165, 1.54) is 16.7 Å². The Labute approximate surface area is 154 Å². The number of aromatic nitrogens is 1. The predicted octanol–water partition coefficient (Wildman–Crippen LogP) is 3.48. The normalized spacial score (nSPS) is 11.1. The number of fused-ring (bicyclic) bond motifs is 3. The van der Waals surface area contributed by atoms with Crippen LogP contribution in [0.4, 0.5) is 0 Å². The maximum Gasteiger partial charge on any atom is 0.343 e. The summed E-state index contributed by atoms with van der Waals surface area (Å²) in [6.45, 7) is 7.62. The van der Waals surface area contributed by atoms with Gasteiger partial charge < -0.3 is 13.9 Å². The molecular formula is C19H19NO5S. The van der Waals surface area contributed by atoms with E-state index in [4.69, 9.17) is 9.47 Å². The number of hydrogen-bond donors (Lipinski definition) is 0. The van der Waals surface area contributed by atoms with Crippen LogP contribution in [0.1, 0.15) is 45.7 Å². The minimum Gasteiger partial charge on any atom is -0.462 e. The number of hydrogen-bond acceptors (Lipinski definition) is 6. The summed E-state index contributed by atoms with van der Waals surface area (Å²) < 4.78 is 12.4. The highest BCUT2D eigenvalue weighted by molar-refractivity contribution is 7.17. The van der Waals surface area contributed by atoms with E-state index in [0.717, 1.165) is 11.1 Å². The first kappa shape index (κ1) is 18.1. The first-order chi connectivity index (χ1) is 12.4. The zero-order valence-corrected chi connectivity index (χ0v) is 15.9. The average Bonchev–Trinajstić information content (AvgIpc) is 2.91. The molecule has 0 unspecified atom stereocenters. The Bertz CT molecular complexity index is 1090. The van der Waals surface area contributed by atoms with Crippen LogP contribution < -0.4 is 5.43 Å². The second kappa shape index (κ2) is 6.92. The number of carbonyl (C=O) groups is 2. The molecule has 0 N–H and O–H groups in total. The quantitative estimate of drug-likeness (QED) is 0.655. The molecule has 7 heteroatoms. The summed E-state index contributed by atoms with van der Waals surface area (Å²) in [6, 6.07) is 1.94. The summed E-state index contributed by atoms with van der Waals surface area (Å²) >= 11 is 1.17. The zero-order valence-electron chi connectivity index (χ0n) is 15.0. The van der Waals surface area contributed by atoms with Crippen LogP contribution in [-0.4, -0.2) is 29.6 Å². The van der Waals surface area contributed by atoms with E-state index in [1.54, 1.807) is 24.4 Å². The molecule has 0 atom stereocenters. The number of aryl methyl sites for hydroxylation is 2. The molecule has 6 nitrogen and oxygen atoms in total. The molecule has 3 heterocycles. The molecule has 3 rings (SSSR count). The summed E-state index contributed by atoms with van der Waals surface area (Å²) in [7, 11) is 0. The fourth-order valence-corrected chi connectivity index (χ4v) is 4.14. The van der Waals surface area contributed by atoms with Gasteiger partial charge in [0.25, 0.3) is 0 Å². The highest BCUT2D eigenvalue weighted by Gasteiger charge is 2.26. The lowest BCUT2D eigenvalue weighted by Gasteiger charge is -2.05. The van der Waals surface area contributed by atoms with E-state index in [-0.39, 0.29) is 18.8 Å². The molecular weight excluding hydrogens is 354 g/mol. The lowest BCUT2D eigenvalue weighted by Crippen LogP contribution is -2.17. The Hall–Kier alpha value is -2.67. The smallest absolute Gasteiger partial charge is 0.343 e. The van der Waals surface area contributed by atoms with E-state index >= 15 is 0 Å². The molecule has 0 saturated carbocycles. The Morgan fingerprint density at radius 3 is 2.38 bits per heavy atom. The van der Waals surface area contributed by atoms with E-state index in [1.807, 2.05) is 19.9 Å². The van der Waals surface area contributed by atoms with E-state index < -0.39 is 17.4 Å². The summed E-state index contributed by atoms with van der Waals surface area (Å²) in [4.78, 5) is 37.7. The molecule has 0 aromatic carbocycles. The Morgan fingerprint density at radius 2 is 1.73 bits per heavy atom. The first-order valence-corrected chi connectivity index (χ1v) is 9.19. The molecule has 0 spiro atoms. The minimum atomic E-state index is -0.660. The number of nitrogens with zero attached hydrogens (tertiary/aromatic N) is 1. The van der Waals surface area contributed by atoms with Crippen molar-refractivity contribution in [1.29, 1.82) is 0 Å². The van der Waals surface area contributed by atoms with Gasteiger partial charge in [-0.2, -0.15) is 0 Å². The van der Waals surface area contributed by atoms with Gasteiger partial charge in [-0.1, -0.05) is 6.07 Å². The second-order valence-corrected chi connectivity index (χ2v) is 6.77. The Kier molecular flexibility index (Phi) is 4.82. The lowest BCUT2D eigenvalue weighted by atomic mass is 10.1. The molecule has 0 saturated heterocycles. The van der Waals surface area contributed by atoms with Crippen LogP contribution in [0.15, 0.2) is 22.4 Å². The molecule has 0 aliphatic rings. The van der Waals surface area contributed by atoms with Crippen molar-refractivity contribution in [3.8, 4) is 0 Å². The van der Waals surface area contributed by atoms with Crippen molar-refractivity contribution < 1.29 is 19.1 Å². The van der Waals surface area contributed by atoms with Gasteiger partial charge in [-0.25, -0.2) is 9.59 Å². The number of rotatable bonds is 4. The second-order valence-electron chi connectivity index (χ2n) is 5.89. The molecule has 3 aromatic rings. The van der Waals surface area contributed by atoms with E-state index in [9.17, 15) is 14.4 Å². The van der Waals surface area contributed by atoms with Gasteiger partial charge in [0.05, 0.1) is 23.4 Å². The fourth-order valence-electron chi connectivity index (χ4n) is 3.10. The van der Waals surface area contributed by atoms with Gasteiger partial charge in [0.2, 0.25) is 5.43 Å². The third-order valence-electron chi connectivity index (χ3n) is 4.04. The number of ether oxygens (including phenoxy) is 2. The molecule has 136 valence electrons. The van der Waals surface area contributed by atoms with Crippen LogP contribution in [0.5, 0.6) is 0 Å². The molecule has 0 fully saturated rings. The van der Waals surface area contributed by atoms with Crippen LogP contribution in [0.25, 0.3) is 15.7 Å². The molecule has 0 aliphatic heterocycles. The van der Waals surface area contributed by atoms with E-state index in [2.05, 4.69) is 0 Å². The maximum atomic E-state index is 13.0. The number of esters is 2. The summed E-state index contributed by atoms with van der Waals surface area (Å²) in [5.74, 6) is -1.14. The fraction of sp³-hybridized carbons (Fsp3) is 0.316. The highest BCUT2D eigenvalue weighted by atomic mass is 32.1. The van der Waals surface area contributed by atoms with Crippen molar-refractivity contribution in [2.24, 2.45) is 0 Å². The average molecular weight is 373 g/mol. The van der Waals surface area contributed by atoms with Crippen LogP contribution >= 0.6 is 11.3 Å². The van der Waals surface area contributed by atoms with Gasteiger partial charge in [0, 0.05) is 11.6 Å². The summed E-state index contributed by atoms with van der Waals surface area (Å²) in [5.41, 5.74) is 2.59. The number of carbonyl (C=O) groups excluding carboxylic acids is 2. The van der Waals surface area contributed by atoms with Crippen molar-refractivity contribution in [3.63, 3.8) is 0 Å². The van der Waals surface area contributed by atoms with Gasteiger partial charge in [-0.15, -0.1) is 11.3 Å². The lowest BCUT2D eigenvalue weighted by molar-refractivity contribution is 0.0518. The Morgan fingerprint density at radius 1 is 1.08 bits per heavy atom. The van der Waals surface area contributed by atoms with Crippen molar-refractivity contribution >= 4 is 39.0 Å². The maximum absolute atomic E-state index is 13.0. The van der Waals surface area contributed by atoms with Gasteiger partial charge in [0.1, 0.15) is 16.6 Å². The molecule has 0 aliphatic carbocycles. The van der Waals surface area contributed by atoms with Crippen molar-refractivity contribution in [1.82, 2.24) is 4.40 Å². The van der Waals surface area contributed by atoms with Crippen LogP contribution in [-0.2, 0) is 9.47 Å². The van der Waals surface area contributed by atoms with Crippen LogP contribution in [0.2, 0.25) is 0 Å². The topological polar surface area (TPSA) is 74.1 Å². The van der Waals surface area contributed by atoms with Crippen molar-refractivity contribution in [2.45, 2.75) is 27.7 Å². The largest absolute Gasteiger partial charge is 0.462 e. The number of pyridine rings is 1. The Balaban J connectivity index is 2.47. The van der Waals surface area contributed by atoms with Crippen molar-refractivity contribution in [2.75, 3.05) is 13.2 Å².